The predicted molar refractivity (Wildman–Crippen MR) is 45.9 cm³/mol. The van der Waals surface area contributed by atoms with Gasteiger partial charge in [-0.3, -0.25) is 0 Å². The Hall–Kier alpha value is -1.58. The summed E-state index contributed by atoms with van der Waals surface area (Å²) in [5.41, 5.74) is 0.382. The van der Waals surface area contributed by atoms with E-state index in [0.717, 1.165) is 4.90 Å². The van der Waals surface area contributed by atoms with Crippen LogP contribution in [0.2, 0.25) is 0 Å². The number of carboxylic acid groups (broad SMARTS) is 1. The molecule has 1 aromatic carbocycles. The molecule has 0 spiro atoms. The van der Waals surface area contributed by atoms with Crippen molar-refractivity contribution in [3.63, 3.8) is 0 Å². The summed E-state index contributed by atoms with van der Waals surface area (Å²) in [5, 5.41) is 8.54. The number of carbonyl (C=O) groups is 1. The second-order valence-electron chi connectivity index (χ2n) is 2.73. The molecule has 4 heteroatoms. The number of nitrogens with zero attached hydrogens (tertiary/aromatic N) is 1. The van der Waals surface area contributed by atoms with E-state index in [-0.39, 0.29) is 12.4 Å². The summed E-state index contributed by atoms with van der Waals surface area (Å²) in [6.45, 7) is 0.0714. The van der Waals surface area contributed by atoms with Crippen LogP contribution in [0.25, 0.3) is 0 Å². The lowest BCUT2D eigenvalue weighted by atomic mass is 10.2. The fraction of sp³-hybridized carbons (Fsp3) is 0.222. The molecule has 0 fully saturated rings. The van der Waals surface area contributed by atoms with Crippen molar-refractivity contribution in [2.75, 3.05) is 7.05 Å². The van der Waals surface area contributed by atoms with E-state index in [4.69, 9.17) is 5.11 Å². The molecule has 1 aromatic rings. The van der Waals surface area contributed by atoms with Crippen LogP contribution >= 0.6 is 0 Å². The number of benzene rings is 1. The minimum Gasteiger partial charge on any atom is -0.465 e. The zero-order valence-corrected chi connectivity index (χ0v) is 7.20. The molecule has 0 saturated heterocycles. The van der Waals surface area contributed by atoms with E-state index in [9.17, 15) is 9.18 Å². The van der Waals surface area contributed by atoms with Crippen molar-refractivity contribution in [1.82, 2.24) is 4.90 Å². The highest BCUT2D eigenvalue weighted by atomic mass is 19.1. The number of halogens is 1. The minimum absolute atomic E-state index is 0.0714. The summed E-state index contributed by atoms with van der Waals surface area (Å²) in [6, 6.07) is 6.12. The fourth-order valence-corrected chi connectivity index (χ4v) is 0.950. The van der Waals surface area contributed by atoms with Gasteiger partial charge in [0.15, 0.2) is 0 Å². The lowest BCUT2D eigenvalue weighted by Gasteiger charge is -2.12. The molecule has 70 valence electrons. The lowest BCUT2D eigenvalue weighted by molar-refractivity contribution is 0.153. The van der Waals surface area contributed by atoms with Crippen LogP contribution in [0.15, 0.2) is 24.3 Å². The molecular weight excluding hydrogens is 173 g/mol. The summed E-state index contributed by atoms with van der Waals surface area (Å²) >= 11 is 0. The molecular formula is C9H10FNO2. The van der Waals surface area contributed by atoms with Gasteiger partial charge in [0.2, 0.25) is 0 Å². The average molecular weight is 183 g/mol. The number of rotatable bonds is 2. The molecule has 0 heterocycles. The van der Waals surface area contributed by atoms with E-state index < -0.39 is 6.09 Å². The SMILES string of the molecule is CN(Cc1ccccc1F)C(=O)O. The van der Waals surface area contributed by atoms with Crippen LogP contribution in [0, 0.1) is 5.82 Å². The predicted octanol–water partition coefficient (Wildman–Crippen LogP) is 1.94. The van der Waals surface area contributed by atoms with Crippen molar-refractivity contribution in [1.29, 1.82) is 0 Å². The normalized spacial score (nSPS) is 9.69. The third kappa shape index (κ3) is 2.43. The maximum absolute atomic E-state index is 13.0. The van der Waals surface area contributed by atoms with Crippen molar-refractivity contribution < 1.29 is 14.3 Å². The van der Waals surface area contributed by atoms with E-state index in [2.05, 4.69) is 0 Å². The molecule has 1 rings (SSSR count). The molecule has 0 aromatic heterocycles. The molecule has 1 N–H and O–H groups in total. The monoisotopic (exact) mass is 183 g/mol. The van der Waals surface area contributed by atoms with Gasteiger partial charge in [0, 0.05) is 12.6 Å². The Morgan fingerprint density at radius 1 is 1.54 bits per heavy atom. The maximum atomic E-state index is 13.0. The Morgan fingerprint density at radius 2 is 2.15 bits per heavy atom. The zero-order valence-electron chi connectivity index (χ0n) is 7.20. The van der Waals surface area contributed by atoms with Gasteiger partial charge >= 0.3 is 6.09 Å². The highest BCUT2D eigenvalue weighted by molar-refractivity contribution is 5.64. The van der Waals surface area contributed by atoms with E-state index in [1.807, 2.05) is 0 Å². The highest BCUT2D eigenvalue weighted by Crippen LogP contribution is 2.08. The van der Waals surface area contributed by atoms with Gasteiger partial charge in [0.05, 0.1) is 6.54 Å². The molecule has 1 amide bonds. The number of hydrogen-bond acceptors (Lipinski definition) is 1. The Labute approximate surface area is 75.4 Å². The number of amides is 1. The van der Waals surface area contributed by atoms with E-state index >= 15 is 0 Å². The Kier molecular flexibility index (Phi) is 2.84. The molecule has 0 aliphatic rings. The second-order valence-corrected chi connectivity index (χ2v) is 2.73. The Balaban J connectivity index is 2.74. The maximum Gasteiger partial charge on any atom is 0.407 e. The van der Waals surface area contributed by atoms with Crippen LogP contribution < -0.4 is 0 Å². The van der Waals surface area contributed by atoms with E-state index in [0.29, 0.717) is 5.56 Å². The van der Waals surface area contributed by atoms with Gasteiger partial charge in [-0.2, -0.15) is 0 Å². The van der Waals surface area contributed by atoms with Gasteiger partial charge in [0.25, 0.3) is 0 Å². The van der Waals surface area contributed by atoms with Crippen molar-refractivity contribution in [3.8, 4) is 0 Å². The molecule has 13 heavy (non-hydrogen) atoms. The minimum atomic E-state index is -1.07. The molecule has 0 aliphatic heterocycles. The molecule has 0 unspecified atom stereocenters. The summed E-state index contributed by atoms with van der Waals surface area (Å²) in [5.74, 6) is -0.379. The van der Waals surface area contributed by atoms with E-state index in [1.165, 1.54) is 13.1 Å². The third-order valence-corrected chi connectivity index (χ3v) is 1.69. The van der Waals surface area contributed by atoms with Crippen LogP contribution in [0.1, 0.15) is 5.56 Å². The van der Waals surface area contributed by atoms with Crippen molar-refractivity contribution in [3.05, 3.63) is 35.6 Å². The first-order chi connectivity index (χ1) is 6.11. The van der Waals surface area contributed by atoms with Crippen molar-refractivity contribution in [2.45, 2.75) is 6.54 Å². The topological polar surface area (TPSA) is 40.5 Å². The van der Waals surface area contributed by atoms with Gasteiger partial charge in [-0.05, 0) is 6.07 Å². The summed E-state index contributed by atoms with van der Waals surface area (Å²) in [7, 11) is 1.40. The molecule has 0 atom stereocenters. The molecule has 3 nitrogen and oxygen atoms in total. The van der Waals surface area contributed by atoms with Crippen LogP contribution in [0.3, 0.4) is 0 Å². The zero-order chi connectivity index (χ0) is 9.84. The molecule has 0 bridgehead atoms. The molecule has 0 saturated carbocycles. The molecule has 0 radical (unpaired) electrons. The van der Waals surface area contributed by atoms with Gasteiger partial charge < -0.3 is 10.0 Å². The fourth-order valence-electron chi connectivity index (χ4n) is 0.950. The standard InChI is InChI=1S/C9H10FNO2/c1-11(9(12)13)6-7-4-2-3-5-8(7)10/h2-5H,6H2,1H3,(H,12,13). The second kappa shape index (κ2) is 3.89. The summed E-state index contributed by atoms with van der Waals surface area (Å²) in [6.07, 6.45) is -1.07. The first kappa shape index (κ1) is 9.51. The number of hydrogen-bond donors (Lipinski definition) is 1. The summed E-state index contributed by atoms with van der Waals surface area (Å²) in [4.78, 5) is 11.4. The van der Waals surface area contributed by atoms with Gasteiger partial charge in [-0.15, -0.1) is 0 Å². The quantitative estimate of drug-likeness (QED) is 0.761. The van der Waals surface area contributed by atoms with Gasteiger partial charge in [0.1, 0.15) is 5.82 Å². The van der Waals surface area contributed by atoms with Crippen LogP contribution in [-0.2, 0) is 6.54 Å². The van der Waals surface area contributed by atoms with Crippen molar-refractivity contribution >= 4 is 6.09 Å². The average Bonchev–Trinajstić information content (AvgIpc) is 2.08. The highest BCUT2D eigenvalue weighted by Gasteiger charge is 2.08. The first-order valence-electron chi connectivity index (χ1n) is 3.78. The molecule has 0 aliphatic carbocycles. The summed E-state index contributed by atoms with van der Waals surface area (Å²) < 4.78 is 13.0. The Bertz CT molecular complexity index is 314. The third-order valence-electron chi connectivity index (χ3n) is 1.69. The van der Waals surface area contributed by atoms with E-state index in [1.54, 1.807) is 18.2 Å². The largest absolute Gasteiger partial charge is 0.465 e. The van der Waals surface area contributed by atoms with Crippen LogP contribution in [0.5, 0.6) is 0 Å². The lowest BCUT2D eigenvalue weighted by Crippen LogP contribution is -2.24. The Morgan fingerprint density at radius 3 is 2.69 bits per heavy atom. The van der Waals surface area contributed by atoms with Crippen LogP contribution in [0.4, 0.5) is 9.18 Å². The first-order valence-corrected chi connectivity index (χ1v) is 3.78. The van der Waals surface area contributed by atoms with Gasteiger partial charge in [-0.25, -0.2) is 9.18 Å². The smallest absolute Gasteiger partial charge is 0.407 e. The van der Waals surface area contributed by atoms with Gasteiger partial charge in [-0.1, -0.05) is 18.2 Å². The van der Waals surface area contributed by atoms with Crippen molar-refractivity contribution in [2.24, 2.45) is 0 Å². The van der Waals surface area contributed by atoms with Crippen LogP contribution in [-0.4, -0.2) is 23.1 Å².